The molecule has 1 aromatic heterocycles. The summed E-state index contributed by atoms with van der Waals surface area (Å²) in [6.45, 7) is 2.76. The maximum absolute atomic E-state index is 12.5. The molecule has 1 N–H and O–H groups in total. The SMILES string of the molecule is COc1cccc2sc(N3CC(C(=O)Nc4cccc(C(C)=O)c4)C3)nc12. The van der Waals surface area contributed by atoms with E-state index >= 15 is 0 Å². The van der Waals surface area contributed by atoms with Crippen molar-refractivity contribution in [2.24, 2.45) is 5.92 Å². The zero-order chi connectivity index (χ0) is 19.0. The number of hydrogen-bond donors (Lipinski definition) is 1. The number of rotatable bonds is 5. The van der Waals surface area contributed by atoms with E-state index in [0.29, 0.717) is 24.3 Å². The number of ketones is 1. The van der Waals surface area contributed by atoms with Crippen LogP contribution in [0.1, 0.15) is 17.3 Å². The van der Waals surface area contributed by atoms with Gasteiger partial charge in [-0.05, 0) is 31.2 Å². The second-order valence-corrected chi connectivity index (χ2v) is 7.54. The zero-order valence-electron chi connectivity index (χ0n) is 15.1. The number of ether oxygens (including phenoxy) is 1. The van der Waals surface area contributed by atoms with Gasteiger partial charge in [-0.3, -0.25) is 9.59 Å². The number of carbonyl (C=O) groups is 2. The lowest BCUT2D eigenvalue weighted by atomic mass is 10.00. The molecular formula is C20H19N3O3S. The Morgan fingerprint density at radius 1 is 1.22 bits per heavy atom. The fraction of sp³-hybridized carbons (Fsp3) is 0.250. The molecule has 6 nitrogen and oxygen atoms in total. The summed E-state index contributed by atoms with van der Waals surface area (Å²) >= 11 is 1.60. The third-order valence-corrected chi connectivity index (χ3v) is 5.73. The van der Waals surface area contributed by atoms with E-state index < -0.39 is 0 Å². The van der Waals surface area contributed by atoms with E-state index in [4.69, 9.17) is 4.74 Å². The van der Waals surface area contributed by atoms with Crippen molar-refractivity contribution >= 4 is 44.1 Å². The van der Waals surface area contributed by atoms with Gasteiger partial charge in [-0.25, -0.2) is 4.98 Å². The number of benzene rings is 2. The van der Waals surface area contributed by atoms with Gasteiger partial charge in [0, 0.05) is 24.3 Å². The molecule has 27 heavy (non-hydrogen) atoms. The highest BCUT2D eigenvalue weighted by molar-refractivity contribution is 7.22. The highest BCUT2D eigenvalue weighted by Crippen LogP contribution is 2.36. The van der Waals surface area contributed by atoms with Gasteiger partial charge < -0.3 is 15.0 Å². The molecule has 1 aliphatic rings. The molecule has 0 unspecified atom stereocenters. The lowest BCUT2D eigenvalue weighted by Gasteiger charge is -2.37. The van der Waals surface area contributed by atoms with Gasteiger partial charge in [0.05, 0.1) is 17.7 Å². The number of anilines is 2. The van der Waals surface area contributed by atoms with Crippen LogP contribution >= 0.6 is 11.3 Å². The molecule has 7 heteroatoms. The first-order chi connectivity index (χ1) is 13.0. The Balaban J connectivity index is 1.41. The van der Waals surface area contributed by atoms with Gasteiger partial charge in [-0.1, -0.05) is 29.5 Å². The summed E-state index contributed by atoms with van der Waals surface area (Å²) in [6.07, 6.45) is 0. The maximum Gasteiger partial charge on any atom is 0.231 e. The number of nitrogens with one attached hydrogen (secondary N) is 1. The van der Waals surface area contributed by atoms with Crippen LogP contribution in [0.5, 0.6) is 5.75 Å². The Morgan fingerprint density at radius 3 is 2.74 bits per heavy atom. The fourth-order valence-electron chi connectivity index (χ4n) is 3.07. The second kappa shape index (κ2) is 7.00. The summed E-state index contributed by atoms with van der Waals surface area (Å²) in [4.78, 5) is 30.7. The number of thiazole rings is 1. The van der Waals surface area contributed by atoms with Crippen molar-refractivity contribution in [2.45, 2.75) is 6.92 Å². The van der Waals surface area contributed by atoms with Crippen molar-refractivity contribution in [1.29, 1.82) is 0 Å². The first kappa shape index (κ1) is 17.5. The number of hydrogen-bond acceptors (Lipinski definition) is 6. The summed E-state index contributed by atoms with van der Waals surface area (Å²) in [6, 6.07) is 12.9. The highest BCUT2D eigenvalue weighted by Gasteiger charge is 2.34. The van der Waals surface area contributed by atoms with Crippen LogP contribution in [-0.2, 0) is 4.79 Å². The maximum atomic E-state index is 12.5. The van der Waals surface area contributed by atoms with E-state index in [2.05, 4.69) is 15.2 Å². The summed E-state index contributed by atoms with van der Waals surface area (Å²) in [7, 11) is 1.64. The Kier molecular flexibility index (Phi) is 4.53. The second-order valence-electron chi connectivity index (χ2n) is 6.53. The van der Waals surface area contributed by atoms with Crippen LogP contribution in [-0.4, -0.2) is 36.9 Å². The van der Waals surface area contributed by atoms with Gasteiger partial charge in [0.25, 0.3) is 0 Å². The monoisotopic (exact) mass is 381 g/mol. The number of nitrogens with zero attached hydrogens (tertiary/aromatic N) is 2. The Hall–Kier alpha value is -2.93. The van der Waals surface area contributed by atoms with E-state index in [1.165, 1.54) is 6.92 Å². The quantitative estimate of drug-likeness (QED) is 0.684. The average Bonchev–Trinajstić information content (AvgIpc) is 3.04. The third-order valence-electron chi connectivity index (χ3n) is 4.65. The van der Waals surface area contributed by atoms with Crippen LogP contribution in [0.4, 0.5) is 10.8 Å². The minimum atomic E-state index is -0.0973. The van der Waals surface area contributed by atoms with Crippen molar-refractivity contribution in [3.63, 3.8) is 0 Å². The minimum Gasteiger partial charge on any atom is -0.494 e. The molecule has 2 aromatic carbocycles. The molecule has 4 rings (SSSR count). The summed E-state index contributed by atoms with van der Waals surface area (Å²) in [5.41, 5.74) is 2.09. The lowest BCUT2D eigenvalue weighted by Crippen LogP contribution is -2.52. The number of amides is 1. The van der Waals surface area contributed by atoms with Crippen LogP contribution in [0.3, 0.4) is 0 Å². The van der Waals surface area contributed by atoms with E-state index in [-0.39, 0.29) is 17.6 Å². The van der Waals surface area contributed by atoms with Crippen molar-refractivity contribution in [3.05, 3.63) is 48.0 Å². The van der Waals surface area contributed by atoms with Crippen LogP contribution in [0.15, 0.2) is 42.5 Å². The molecule has 1 amide bonds. The molecule has 0 bridgehead atoms. The topological polar surface area (TPSA) is 71.5 Å². The average molecular weight is 381 g/mol. The summed E-state index contributed by atoms with van der Waals surface area (Å²) in [5.74, 6) is 0.605. The predicted octanol–water partition coefficient (Wildman–Crippen LogP) is 3.58. The molecular weight excluding hydrogens is 362 g/mol. The number of Topliss-reactive ketones (excluding diaryl/α,β-unsaturated/α-hetero) is 1. The van der Waals surface area contributed by atoms with Crippen LogP contribution in [0, 0.1) is 5.92 Å². The van der Waals surface area contributed by atoms with Gasteiger partial charge in [-0.15, -0.1) is 0 Å². The van der Waals surface area contributed by atoms with Gasteiger partial charge in [0.2, 0.25) is 5.91 Å². The van der Waals surface area contributed by atoms with Crippen LogP contribution in [0.25, 0.3) is 10.2 Å². The first-order valence-electron chi connectivity index (χ1n) is 8.65. The van der Waals surface area contributed by atoms with Crippen molar-refractivity contribution in [1.82, 2.24) is 4.98 Å². The molecule has 0 spiro atoms. The van der Waals surface area contributed by atoms with Gasteiger partial charge in [0.15, 0.2) is 10.9 Å². The normalized spacial score (nSPS) is 14.1. The number of methoxy groups -OCH3 is 1. The van der Waals surface area contributed by atoms with Crippen molar-refractivity contribution in [2.75, 3.05) is 30.4 Å². The third kappa shape index (κ3) is 3.38. The Labute approximate surface area is 160 Å². The molecule has 1 fully saturated rings. The standard InChI is InChI=1S/C20H19N3O3S/c1-12(24)13-5-3-6-15(9-13)21-19(25)14-10-23(11-14)20-22-18-16(26-2)7-4-8-17(18)27-20/h3-9,14H,10-11H2,1-2H3,(H,21,25). The minimum absolute atomic E-state index is 0.0211. The van der Waals surface area contributed by atoms with Crippen LogP contribution < -0.4 is 15.0 Å². The first-order valence-corrected chi connectivity index (χ1v) is 9.47. The molecule has 1 saturated heterocycles. The van der Waals surface area contributed by atoms with Gasteiger partial charge in [0.1, 0.15) is 11.3 Å². The Morgan fingerprint density at radius 2 is 2.00 bits per heavy atom. The highest BCUT2D eigenvalue weighted by atomic mass is 32.1. The molecule has 0 saturated carbocycles. The van der Waals surface area contributed by atoms with Crippen LogP contribution in [0.2, 0.25) is 0 Å². The number of aromatic nitrogens is 1. The summed E-state index contributed by atoms with van der Waals surface area (Å²) in [5, 5.41) is 3.80. The molecule has 1 aliphatic heterocycles. The largest absolute Gasteiger partial charge is 0.494 e. The molecule has 3 aromatic rings. The molecule has 0 aliphatic carbocycles. The molecule has 0 radical (unpaired) electrons. The number of carbonyl (C=O) groups excluding carboxylic acids is 2. The molecule has 138 valence electrons. The lowest BCUT2D eigenvalue weighted by molar-refractivity contribution is -0.120. The van der Waals surface area contributed by atoms with Gasteiger partial charge in [-0.2, -0.15) is 0 Å². The van der Waals surface area contributed by atoms with Crippen molar-refractivity contribution in [3.8, 4) is 5.75 Å². The molecule has 0 atom stereocenters. The fourth-order valence-corrected chi connectivity index (χ4v) is 4.07. The smallest absolute Gasteiger partial charge is 0.231 e. The van der Waals surface area contributed by atoms with E-state index in [1.807, 2.05) is 18.2 Å². The van der Waals surface area contributed by atoms with Gasteiger partial charge >= 0.3 is 0 Å². The summed E-state index contributed by atoms with van der Waals surface area (Å²) < 4.78 is 6.43. The van der Waals surface area contributed by atoms with Crippen molar-refractivity contribution < 1.29 is 14.3 Å². The predicted molar refractivity (Wildman–Crippen MR) is 107 cm³/mol. The Bertz CT molecular complexity index is 1020. The van der Waals surface area contributed by atoms with E-state index in [1.54, 1.807) is 42.7 Å². The van der Waals surface area contributed by atoms with E-state index in [9.17, 15) is 9.59 Å². The van der Waals surface area contributed by atoms with E-state index in [0.717, 1.165) is 21.1 Å². The number of para-hydroxylation sites is 1. The zero-order valence-corrected chi connectivity index (χ0v) is 15.9. The number of fused-ring (bicyclic) bond motifs is 1. The molecule has 2 heterocycles.